The van der Waals surface area contributed by atoms with Gasteiger partial charge in [-0.05, 0) is 33.7 Å². The summed E-state index contributed by atoms with van der Waals surface area (Å²) in [4.78, 5) is 13.9. The smallest absolute Gasteiger partial charge is 0.225 e. The van der Waals surface area contributed by atoms with Gasteiger partial charge in [-0.1, -0.05) is 0 Å². The van der Waals surface area contributed by atoms with Crippen LogP contribution in [-0.2, 0) is 9.53 Å². The van der Waals surface area contributed by atoms with Gasteiger partial charge in [-0.15, -0.1) is 0 Å². The first kappa shape index (κ1) is 13.5. The van der Waals surface area contributed by atoms with E-state index in [4.69, 9.17) is 4.74 Å². The van der Waals surface area contributed by atoms with Crippen molar-refractivity contribution in [2.75, 3.05) is 27.2 Å². The van der Waals surface area contributed by atoms with Gasteiger partial charge in [0.05, 0.1) is 12.0 Å². The van der Waals surface area contributed by atoms with Crippen LogP contribution in [0, 0.1) is 0 Å². The summed E-state index contributed by atoms with van der Waals surface area (Å²) in [6, 6.07) is 0.569. The number of amides is 1. The third-order valence-electron chi connectivity index (χ3n) is 3.39. The first-order chi connectivity index (χ1) is 7.48. The van der Waals surface area contributed by atoms with Crippen LogP contribution in [0.4, 0.5) is 0 Å². The fraction of sp³-hybridized carbons (Fsp3) is 0.917. The first-order valence-electron chi connectivity index (χ1n) is 5.98. The number of nitrogens with zero attached hydrogens (tertiary/aromatic N) is 1. The number of likely N-dealkylation sites (tertiary alicyclic amines) is 1. The highest BCUT2D eigenvalue weighted by atomic mass is 16.5. The molecule has 1 aliphatic rings. The number of nitrogens with one attached hydrogen (secondary N) is 1. The number of hydrogen-bond donors (Lipinski definition) is 1. The predicted octanol–water partition coefficient (Wildman–Crippen LogP) is 1.01. The van der Waals surface area contributed by atoms with Crippen molar-refractivity contribution in [1.29, 1.82) is 0 Å². The number of piperidine rings is 1. The molecule has 4 heteroatoms. The van der Waals surface area contributed by atoms with E-state index in [2.05, 4.69) is 5.32 Å². The fourth-order valence-electron chi connectivity index (χ4n) is 1.97. The Hall–Kier alpha value is -0.610. The van der Waals surface area contributed by atoms with Crippen molar-refractivity contribution in [3.63, 3.8) is 0 Å². The van der Waals surface area contributed by atoms with Crippen molar-refractivity contribution in [2.45, 2.75) is 44.8 Å². The molecule has 0 saturated carbocycles. The van der Waals surface area contributed by atoms with Gasteiger partial charge in [-0.25, -0.2) is 0 Å². The molecule has 1 fully saturated rings. The first-order valence-corrected chi connectivity index (χ1v) is 5.98. The van der Waals surface area contributed by atoms with Crippen molar-refractivity contribution < 1.29 is 9.53 Å². The zero-order valence-electron chi connectivity index (χ0n) is 10.9. The highest BCUT2D eigenvalue weighted by molar-refractivity contribution is 5.77. The van der Waals surface area contributed by atoms with Crippen LogP contribution in [-0.4, -0.2) is 49.7 Å². The molecule has 0 aromatic heterocycles. The standard InChI is InChI=1S/C12H24N2O2/c1-12(2,16-4)9-11(15)14-7-5-10(13-3)6-8-14/h10,13H,5-9H2,1-4H3. The summed E-state index contributed by atoms with van der Waals surface area (Å²) in [6.45, 7) is 5.63. The number of methoxy groups -OCH3 is 1. The third-order valence-corrected chi connectivity index (χ3v) is 3.39. The zero-order chi connectivity index (χ0) is 12.2. The second-order valence-electron chi connectivity index (χ2n) is 5.08. The quantitative estimate of drug-likeness (QED) is 0.781. The number of carbonyl (C=O) groups is 1. The van der Waals surface area contributed by atoms with Crippen LogP contribution in [0.25, 0.3) is 0 Å². The largest absolute Gasteiger partial charge is 0.378 e. The minimum Gasteiger partial charge on any atom is -0.378 e. The van der Waals surface area contributed by atoms with E-state index < -0.39 is 0 Å². The molecule has 16 heavy (non-hydrogen) atoms. The molecule has 0 aromatic rings. The van der Waals surface area contributed by atoms with E-state index in [1.54, 1.807) is 7.11 Å². The summed E-state index contributed by atoms with van der Waals surface area (Å²) in [6.07, 6.45) is 2.57. The van der Waals surface area contributed by atoms with Gasteiger partial charge in [-0.3, -0.25) is 4.79 Å². The lowest BCUT2D eigenvalue weighted by Gasteiger charge is -2.34. The third kappa shape index (κ3) is 3.76. The van der Waals surface area contributed by atoms with Crippen LogP contribution in [0.15, 0.2) is 0 Å². The second-order valence-corrected chi connectivity index (χ2v) is 5.08. The molecule has 0 aromatic carbocycles. The Morgan fingerprint density at radius 1 is 1.44 bits per heavy atom. The van der Waals surface area contributed by atoms with E-state index >= 15 is 0 Å². The van der Waals surface area contributed by atoms with Crippen LogP contribution < -0.4 is 5.32 Å². The minimum atomic E-state index is -0.350. The molecule has 1 aliphatic heterocycles. The van der Waals surface area contributed by atoms with Crippen LogP contribution in [0.3, 0.4) is 0 Å². The molecular formula is C12H24N2O2. The van der Waals surface area contributed by atoms with Gasteiger partial charge in [0.15, 0.2) is 0 Å². The monoisotopic (exact) mass is 228 g/mol. The molecule has 1 N–H and O–H groups in total. The van der Waals surface area contributed by atoms with Gasteiger partial charge in [0.1, 0.15) is 0 Å². The summed E-state index contributed by atoms with van der Waals surface area (Å²) in [5.74, 6) is 0.210. The van der Waals surface area contributed by atoms with Crippen LogP contribution >= 0.6 is 0 Å². The van der Waals surface area contributed by atoms with Crippen molar-refractivity contribution in [1.82, 2.24) is 10.2 Å². The lowest BCUT2D eigenvalue weighted by atomic mass is 10.0. The van der Waals surface area contributed by atoms with Gasteiger partial charge >= 0.3 is 0 Å². The Bertz CT molecular complexity index is 233. The molecule has 1 heterocycles. The molecular weight excluding hydrogens is 204 g/mol. The van der Waals surface area contributed by atoms with E-state index in [9.17, 15) is 4.79 Å². The molecule has 4 nitrogen and oxygen atoms in total. The molecule has 0 bridgehead atoms. The second kappa shape index (κ2) is 5.64. The van der Waals surface area contributed by atoms with Gasteiger partial charge in [-0.2, -0.15) is 0 Å². The maximum Gasteiger partial charge on any atom is 0.225 e. The van der Waals surface area contributed by atoms with Gasteiger partial charge in [0.2, 0.25) is 5.91 Å². The van der Waals surface area contributed by atoms with E-state index in [1.165, 1.54) is 0 Å². The Morgan fingerprint density at radius 3 is 2.44 bits per heavy atom. The molecule has 0 spiro atoms. The van der Waals surface area contributed by atoms with Crippen molar-refractivity contribution in [3.05, 3.63) is 0 Å². The van der Waals surface area contributed by atoms with Crippen molar-refractivity contribution >= 4 is 5.91 Å². The molecule has 1 rings (SSSR count). The molecule has 1 saturated heterocycles. The summed E-state index contributed by atoms with van der Waals surface area (Å²) >= 11 is 0. The van der Waals surface area contributed by atoms with Crippen LogP contribution in [0.5, 0.6) is 0 Å². The molecule has 0 unspecified atom stereocenters. The minimum absolute atomic E-state index is 0.210. The fourth-order valence-corrected chi connectivity index (χ4v) is 1.97. The zero-order valence-corrected chi connectivity index (χ0v) is 10.9. The topological polar surface area (TPSA) is 41.6 Å². The Kier molecular flexibility index (Phi) is 4.74. The lowest BCUT2D eigenvalue weighted by molar-refractivity contribution is -0.137. The van der Waals surface area contributed by atoms with Gasteiger partial charge in [0.25, 0.3) is 0 Å². The van der Waals surface area contributed by atoms with Crippen LogP contribution in [0.1, 0.15) is 33.1 Å². The number of hydrogen-bond acceptors (Lipinski definition) is 3. The molecule has 94 valence electrons. The number of ether oxygens (including phenoxy) is 1. The summed E-state index contributed by atoms with van der Waals surface area (Å²) < 4.78 is 5.28. The average Bonchev–Trinajstić information content (AvgIpc) is 2.28. The van der Waals surface area contributed by atoms with E-state index in [0.717, 1.165) is 25.9 Å². The normalized spacial score (nSPS) is 18.9. The number of carbonyl (C=O) groups excluding carboxylic acids is 1. The predicted molar refractivity (Wildman–Crippen MR) is 64.4 cm³/mol. The van der Waals surface area contributed by atoms with Gasteiger partial charge < -0.3 is 15.0 Å². The maximum absolute atomic E-state index is 12.0. The maximum atomic E-state index is 12.0. The Balaban J connectivity index is 2.39. The lowest BCUT2D eigenvalue weighted by Crippen LogP contribution is -2.45. The van der Waals surface area contributed by atoms with Crippen LogP contribution in [0.2, 0.25) is 0 Å². The molecule has 0 aliphatic carbocycles. The highest BCUT2D eigenvalue weighted by Crippen LogP contribution is 2.17. The SMILES string of the molecule is CNC1CCN(C(=O)CC(C)(C)OC)CC1. The summed E-state index contributed by atoms with van der Waals surface area (Å²) in [5.41, 5.74) is -0.350. The molecule has 0 atom stereocenters. The Morgan fingerprint density at radius 2 is 2.00 bits per heavy atom. The molecule has 1 amide bonds. The molecule has 0 radical (unpaired) electrons. The highest BCUT2D eigenvalue weighted by Gasteiger charge is 2.27. The van der Waals surface area contributed by atoms with Crippen molar-refractivity contribution in [2.24, 2.45) is 0 Å². The van der Waals surface area contributed by atoms with E-state index in [1.807, 2.05) is 25.8 Å². The van der Waals surface area contributed by atoms with E-state index in [-0.39, 0.29) is 11.5 Å². The summed E-state index contributed by atoms with van der Waals surface area (Å²) in [7, 11) is 3.64. The van der Waals surface area contributed by atoms with Crippen molar-refractivity contribution in [3.8, 4) is 0 Å². The van der Waals surface area contributed by atoms with E-state index in [0.29, 0.717) is 12.5 Å². The summed E-state index contributed by atoms with van der Waals surface area (Å²) in [5, 5.41) is 3.26. The van der Waals surface area contributed by atoms with Gasteiger partial charge in [0, 0.05) is 26.2 Å². The average molecular weight is 228 g/mol. The Labute approximate surface area is 98.3 Å². The number of rotatable bonds is 4.